The second-order valence-electron chi connectivity index (χ2n) is 4.53. The molecule has 1 aliphatic carbocycles. The molecule has 1 heterocycles. The van der Waals surface area contributed by atoms with Gasteiger partial charge in [-0.25, -0.2) is 4.79 Å². The Hall–Kier alpha value is -0.610. The first-order valence-corrected chi connectivity index (χ1v) is 5.82. The first-order valence-electron chi connectivity index (χ1n) is 5.82. The number of likely N-dealkylation sites (tertiary alicyclic amines) is 1. The SMILES string of the molecule is O=C(O)COCC1CCCCN1C1CC1. The molecule has 1 saturated carbocycles. The van der Waals surface area contributed by atoms with E-state index in [1.165, 1.54) is 32.2 Å². The van der Waals surface area contributed by atoms with E-state index in [1.807, 2.05) is 0 Å². The molecule has 0 amide bonds. The molecule has 2 rings (SSSR count). The molecule has 0 bridgehead atoms. The highest BCUT2D eigenvalue weighted by Crippen LogP contribution is 2.32. The summed E-state index contributed by atoms with van der Waals surface area (Å²) in [5.74, 6) is -0.871. The fraction of sp³-hybridized carbons (Fsp3) is 0.909. The van der Waals surface area contributed by atoms with Gasteiger partial charge in [0.2, 0.25) is 0 Å². The molecule has 4 nitrogen and oxygen atoms in total. The number of nitrogens with zero attached hydrogens (tertiary/aromatic N) is 1. The van der Waals surface area contributed by atoms with Crippen LogP contribution in [0.1, 0.15) is 32.1 Å². The second kappa shape index (κ2) is 4.94. The first kappa shape index (κ1) is 10.9. The Morgan fingerprint density at radius 3 is 2.80 bits per heavy atom. The maximum atomic E-state index is 10.3. The minimum absolute atomic E-state index is 0.158. The zero-order valence-electron chi connectivity index (χ0n) is 9.02. The van der Waals surface area contributed by atoms with Crippen LogP contribution in [-0.4, -0.2) is 47.8 Å². The van der Waals surface area contributed by atoms with Crippen molar-refractivity contribution in [3.05, 3.63) is 0 Å². The normalized spacial score (nSPS) is 27.9. The molecule has 2 aliphatic rings. The highest BCUT2D eigenvalue weighted by Gasteiger charge is 2.35. The quantitative estimate of drug-likeness (QED) is 0.743. The van der Waals surface area contributed by atoms with Gasteiger partial charge in [0, 0.05) is 12.1 Å². The van der Waals surface area contributed by atoms with Gasteiger partial charge in [-0.15, -0.1) is 0 Å². The van der Waals surface area contributed by atoms with E-state index in [4.69, 9.17) is 9.84 Å². The molecule has 0 spiro atoms. The lowest BCUT2D eigenvalue weighted by atomic mass is 10.0. The van der Waals surface area contributed by atoms with Crippen molar-refractivity contribution in [2.45, 2.75) is 44.2 Å². The predicted molar refractivity (Wildman–Crippen MR) is 55.8 cm³/mol. The minimum atomic E-state index is -0.871. The van der Waals surface area contributed by atoms with Gasteiger partial charge < -0.3 is 9.84 Å². The van der Waals surface area contributed by atoms with Crippen LogP contribution in [-0.2, 0) is 9.53 Å². The van der Waals surface area contributed by atoms with Crippen molar-refractivity contribution in [1.82, 2.24) is 4.90 Å². The van der Waals surface area contributed by atoms with E-state index < -0.39 is 5.97 Å². The molecule has 86 valence electrons. The van der Waals surface area contributed by atoms with Gasteiger partial charge in [-0.1, -0.05) is 6.42 Å². The third-order valence-corrected chi connectivity index (χ3v) is 3.22. The van der Waals surface area contributed by atoms with E-state index in [2.05, 4.69) is 4.90 Å². The van der Waals surface area contributed by atoms with E-state index >= 15 is 0 Å². The number of rotatable bonds is 5. The monoisotopic (exact) mass is 213 g/mol. The van der Waals surface area contributed by atoms with E-state index in [0.717, 1.165) is 12.5 Å². The van der Waals surface area contributed by atoms with Gasteiger partial charge in [-0.05, 0) is 32.2 Å². The third kappa shape index (κ3) is 3.18. The molecule has 0 aromatic rings. The van der Waals surface area contributed by atoms with Crippen molar-refractivity contribution in [3.63, 3.8) is 0 Å². The summed E-state index contributed by atoms with van der Waals surface area (Å²) in [5, 5.41) is 8.49. The molecule has 0 radical (unpaired) electrons. The lowest BCUT2D eigenvalue weighted by Crippen LogP contribution is -2.44. The molecule has 1 atom stereocenters. The van der Waals surface area contributed by atoms with Crippen LogP contribution in [0, 0.1) is 0 Å². The molecular formula is C11H19NO3. The van der Waals surface area contributed by atoms with Crippen molar-refractivity contribution in [2.75, 3.05) is 19.8 Å². The van der Waals surface area contributed by atoms with Crippen molar-refractivity contribution in [2.24, 2.45) is 0 Å². The Bertz CT molecular complexity index is 228. The summed E-state index contributed by atoms with van der Waals surface area (Å²) < 4.78 is 5.20. The van der Waals surface area contributed by atoms with Crippen LogP contribution in [0.2, 0.25) is 0 Å². The summed E-state index contributed by atoms with van der Waals surface area (Å²) in [5.41, 5.74) is 0. The Labute approximate surface area is 90.2 Å². The van der Waals surface area contributed by atoms with Crippen LogP contribution in [0.25, 0.3) is 0 Å². The van der Waals surface area contributed by atoms with Crippen LogP contribution in [0.4, 0.5) is 0 Å². The number of hydrogen-bond donors (Lipinski definition) is 1. The van der Waals surface area contributed by atoms with Gasteiger partial charge in [-0.2, -0.15) is 0 Å². The Morgan fingerprint density at radius 1 is 1.33 bits per heavy atom. The molecule has 4 heteroatoms. The molecule has 0 aromatic carbocycles. The fourth-order valence-corrected chi connectivity index (χ4v) is 2.37. The molecule has 2 fully saturated rings. The van der Waals surface area contributed by atoms with Gasteiger partial charge in [0.15, 0.2) is 0 Å². The minimum Gasteiger partial charge on any atom is -0.480 e. The van der Waals surface area contributed by atoms with Gasteiger partial charge in [0.1, 0.15) is 6.61 Å². The maximum Gasteiger partial charge on any atom is 0.329 e. The molecule has 1 N–H and O–H groups in total. The standard InChI is InChI=1S/C11H19NO3/c13-11(14)8-15-7-10-3-1-2-6-12(10)9-4-5-9/h9-10H,1-8H2,(H,13,14). The third-order valence-electron chi connectivity index (χ3n) is 3.22. The highest BCUT2D eigenvalue weighted by molar-refractivity contribution is 5.67. The van der Waals surface area contributed by atoms with Gasteiger partial charge in [0.25, 0.3) is 0 Å². The van der Waals surface area contributed by atoms with Crippen LogP contribution in [0.5, 0.6) is 0 Å². The summed E-state index contributed by atoms with van der Waals surface area (Å²) >= 11 is 0. The molecule has 0 aromatic heterocycles. The summed E-state index contributed by atoms with van der Waals surface area (Å²) in [6.07, 6.45) is 6.33. The smallest absolute Gasteiger partial charge is 0.329 e. The van der Waals surface area contributed by atoms with Crippen LogP contribution < -0.4 is 0 Å². The van der Waals surface area contributed by atoms with Gasteiger partial charge in [-0.3, -0.25) is 4.90 Å². The van der Waals surface area contributed by atoms with Gasteiger partial charge >= 0.3 is 5.97 Å². The number of piperidine rings is 1. The number of carbonyl (C=O) groups is 1. The fourth-order valence-electron chi connectivity index (χ4n) is 2.37. The summed E-state index contributed by atoms with van der Waals surface area (Å²) in [6.45, 7) is 1.60. The Morgan fingerprint density at radius 2 is 2.13 bits per heavy atom. The molecule has 1 saturated heterocycles. The number of carboxylic acids is 1. The number of aliphatic carboxylic acids is 1. The zero-order chi connectivity index (χ0) is 10.7. The van der Waals surface area contributed by atoms with Crippen molar-refractivity contribution in [3.8, 4) is 0 Å². The van der Waals surface area contributed by atoms with Crippen molar-refractivity contribution >= 4 is 5.97 Å². The lowest BCUT2D eigenvalue weighted by molar-refractivity contribution is -0.143. The average Bonchev–Trinajstić information content (AvgIpc) is 3.01. The molecule has 15 heavy (non-hydrogen) atoms. The van der Waals surface area contributed by atoms with Crippen LogP contribution >= 0.6 is 0 Å². The number of ether oxygens (including phenoxy) is 1. The Kier molecular flexibility index (Phi) is 3.59. The van der Waals surface area contributed by atoms with Crippen LogP contribution in [0.3, 0.4) is 0 Å². The number of hydrogen-bond acceptors (Lipinski definition) is 3. The topological polar surface area (TPSA) is 49.8 Å². The Balaban J connectivity index is 1.74. The first-order chi connectivity index (χ1) is 7.27. The molecule has 1 aliphatic heterocycles. The summed E-state index contributed by atoms with van der Waals surface area (Å²) in [6, 6.07) is 1.23. The van der Waals surface area contributed by atoms with E-state index in [9.17, 15) is 4.79 Å². The van der Waals surface area contributed by atoms with E-state index in [1.54, 1.807) is 0 Å². The molecule has 1 unspecified atom stereocenters. The van der Waals surface area contributed by atoms with Crippen LogP contribution in [0.15, 0.2) is 0 Å². The second-order valence-corrected chi connectivity index (χ2v) is 4.53. The predicted octanol–water partition coefficient (Wildman–Crippen LogP) is 1.10. The average molecular weight is 213 g/mol. The van der Waals surface area contributed by atoms with Crippen molar-refractivity contribution < 1.29 is 14.6 Å². The summed E-state index contributed by atoms with van der Waals surface area (Å²) in [7, 11) is 0. The number of carboxylic acid groups (broad SMARTS) is 1. The maximum absolute atomic E-state index is 10.3. The molecular weight excluding hydrogens is 194 g/mol. The summed E-state index contributed by atoms with van der Waals surface area (Å²) in [4.78, 5) is 12.8. The van der Waals surface area contributed by atoms with Crippen molar-refractivity contribution in [1.29, 1.82) is 0 Å². The van der Waals surface area contributed by atoms with E-state index in [-0.39, 0.29) is 6.61 Å². The lowest BCUT2D eigenvalue weighted by Gasteiger charge is -2.35. The van der Waals surface area contributed by atoms with Gasteiger partial charge in [0.05, 0.1) is 6.61 Å². The largest absolute Gasteiger partial charge is 0.480 e. The highest BCUT2D eigenvalue weighted by atomic mass is 16.5. The van der Waals surface area contributed by atoms with E-state index in [0.29, 0.717) is 12.6 Å². The zero-order valence-corrected chi connectivity index (χ0v) is 9.02.